The van der Waals surface area contributed by atoms with Crippen LogP contribution in [0.2, 0.25) is 0 Å². The van der Waals surface area contributed by atoms with E-state index in [9.17, 15) is 4.79 Å². The van der Waals surface area contributed by atoms with Crippen molar-refractivity contribution >= 4 is 17.5 Å². The molecule has 3 rings (SSSR count). The Balaban J connectivity index is 1.56. The highest BCUT2D eigenvalue weighted by Crippen LogP contribution is 2.17. The summed E-state index contributed by atoms with van der Waals surface area (Å²) < 4.78 is 0. The van der Waals surface area contributed by atoms with Gasteiger partial charge in [0.2, 0.25) is 0 Å². The third-order valence-electron chi connectivity index (χ3n) is 4.26. The highest BCUT2D eigenvalue weighted by Gasteiger charge is 2.13. The number of anilines is 2. The van der Waals surface area contributed by atoms with Gasteiger partial charge in [0.05, 0.1) is 6.54 Å². The van der Waals surface area contributed by atoms with E-state index in [2.05, 4.69) is 31.6 Å². The molecule has 0 atom stereocenters. The molecule has 0 spiro atoms. The predicted octanol–water partition coefficient (Wildman–Crippen LogP) is 3.41. The van der Waals surface area contributed by atoms with E-state index in [0.717, 1.165) is 35.7 Å². The molecule has 0 bridgehead atoms. The number of carbonyl (C=O) groups excluding carboxylic acids is 1. The Morgan fingerprint density at radius 2 is 1.84 bits per heavy atom. The van der Waals surface area contributed by atoms with E-state index in [4.69, 9.17) is 0 Å². The van der Waals surface area contributed by atoms with E-state index >= 15 is 0 Å². The number of aromatic nitrogens is 2. The molecular weight excluding hydrogens is 314 g/mol. The molecule has 1 aromatic carbocycles. The quantitative estimate of drug-likeness (QED) is 0.895. The van der Waals surface area contributed by atoms with Crippen molar-refractivity contribution in [1.82, 2.24) is 15.3 Å². The van der Waals surface area contributed by atoms with Crippen LogP contribution in [-0.4, -0.2) is 29.1 Å². The van der Waals surface area contributed by atoms with Crippen LogP contribution < -0.4 is 15.5 Å². The summed E-state index contributed by atoms with van der Waals surface area (Å²) in [6.07, 6.45) is 5.45. The number of nitrogens with zero attached hydrogens (tertiary/aromatic N) is 3. The standard InChI is InChI=1S/C19H25N5O/c1-14-10-15(2)12-16(11-14)22-19(25)21-13-17-20-7-6-18(23-17)24-8-4-3-5-9-24/h6-7,10-12H,3-5,8-9,13H2,1-2H3,(H2,21,22,25). The van der Waals surface area contributed by atoms with Gasteiger partial charge in [0.1, 0.15) is 11.6 Å². The number of nitrogens with one attached hydrogen (secondary N) is 2. The van der Waals surface area contributed by atoms with E-state index in [1.165, 1.54) is 19.3 Å². The van der Waals surface area contributed by atoms with Crippen molar-refractivity contribution in [2.24, 2.45) is 0 Å². The Morgan fingerprint density at radius 1 is 1.12 bits per heavy atom. The lowest BCUT2D eigenvalue weighted by atomic mass is 10.1. The van der Waals surface area contributed by atoms with Gasteiger partial charge in [0, 0.05) is 25.0 Å². The maximum absolute atomic E-state index is 12.1. The van der Waals surface area contributed by atoms with Gasteiger partial charge in [-0.15, -0.1) is 0 Å². The fourth-order valence-electron chi connectivity index (χ4n) is 3.15. The molecule has 2 N–H and O–H groups in total. The molecule has 0 aliphatic carbocycles. The number of urea groups is 1. The van der Waals surface area contributed by atoms with Gasteiger partial charge >= 0.3 is 6.03 Å². The lowest BCUT2D eigenvalue weighted by Gasteiger charge is -2.27. The molecular formula is C19H25N5O. The van der Waals surface area contributed by atoms with E-state index < -0.39 is 0 Å². The summed E-state index contributed by atoms with van der Waals surface area (Å²) in [4.78, 5) is 23.2. The molecule has 25 heavy (non-hydrogen) atoms. The number of aryl methyl sites for hydroxylation is 2. The lowest BCUT2D eigenvalue weighted by molar-refractivity contribution is 0.251. The Hall–Kier alpha value is -2.63. The molecule has 0 radical (unpaired) electrons. The summed E-state index contributed by atoms with van der Waals surface area (Å²) in [5.74, 6) is 1.57. The second kappa shape index (κ2) is 7.96. The second-order valence-electron chi connectivity index (χ2n) is 6.56. The van der Waals surface area contributed by atoms with Gasteiger partial charge in [-0.2, -0.15) is 0 Å². The fraction of sp³-hybridized carbons (Fsp3) is 0.421. The molecule has 2 aromatic rings. The molecule has 2 amide bonds. The summed E-state index contributed by atoms with van der Waals surface area (Å²) in [5, 5.41) is 5.68. The van der Waals surface area contributed by atoms with Gasteiger partial charge in [-0.3, -0.25) is 0 Å². The van der Waals surface area contributed by atoms with Gasteiger partial charge in [-0.25, -0.2) is 14.8 Å². The maximum Gasteiger partial charge on any atom is 0.319 e. The first kappa shape index (κ1) is 17.2. The summed E-state index contributed by atoms with van der Waals surface area (Å²) in [5.41, 5.74) is 3.03. The minimum atomic E-state index is -0.253. The fourth-order valence-corrected chi connectivity index (χ4v) is 3.15. The summed E-state index contributed by atoms with van der Waals surface area (Å²) in [6, 6.07) is 7.64. The Bertz CT molecular complexity index is 720. The molecule has 1 aliphatic heterocycles. The third kappa shape index (κ3) is 4.92. The Labute approximate surface area is 148 Å². The van der Waals surface area contributed by atoms with Gasteiger partial charge in [-0.1, -0.05) is 6.07 Å². The lowest BCUT2D eigenvalue weighted by Crippen LogP contribution is -2.31. The van der Waals surface area contributed by atoms with E-state index in [0.29, 0.717) is 12.4 Å². The number of benzene rings is 1. The molecule has 0 saturated carbocycles. The first-order valence-electron chi connectivity index (χ1n) is 8.80. The highest BCUT2D eigenvalue weighted by molar-refractivity contribution is 5.89. The van der Waals surface area contributed by atoms with Crippen LogP contribution in [0.3, 0.4) is 0 Å². The monoisotopic (exact) mass is 339 g/mol. The van der Waals surface area contributed by atoms with E-state index in [-0.39, 0.29) is 6.03 Å². The molecule has 1 fully saturated rings. The van der Waals surface area contributed by atoms with Crippen LogP contribution in [0.5, 0.6) is 0 Å². The molecule has 1 aromatic heterocycles. The molecule has 0 unspecified atom stereocenters. The number of carbonyl (C=O) groups is 1. The zero-order valence-electron chi connectivity index (χ0n) is 14.9. The van der Waals surface area contributed by atoms with Crippen molar-refractivity contribution in [3.8, 4) is 0 Å². The number of amides is 2. The predicted molar refractivity (Wildman–Crippen MR) is 99.9 cm³/mol. The largest absolute Gasteiger partial charge is 0.357 e. The average molecular weight is 339 g/mol. The van der Waals surface area contributed by atoms with E-state index in [1.807, 2.05) is 32.0 Å². The first-order valence-corrected chi connectivity index (χ1v) is 8.80. The summed E-state index contributed by atoms with van der Waals surface area (Å²) >= 11 is 0. The van der Waals surface area contributed by atoms with Gasteiger partial charge in [0.15, 0.2) is 0 Å². The minimum absolute atomic E-state index is 0.253. The molecule has 2 heterocycles. The van der Waals surface area contributed by atoms with Crippen molar-refractivity contribution < 1.29 is 4.79 Å². The Kier molecular flexibility index (Phi) is 5.48. The molecule has 6 heteroatoms. The summed E-state index contributed by atoms with van der Waals surface area (Å²) in [6.45, 7) is 6.40. The van der Waals surface area contributed by atoms with E-state index in [1.54, 1.807) is 6.20 Å². The van der Waals surface area contributed by atoms with Crippen molar-refractivity contribution in [3.05, 3.63) is 47.4 Å². The SMILES string of the molecule is Cc1cc(C)cc(NC(=O)NCc2nccc(N3CCCCC3)n2)c1. The zero-order valence-corrected chi connectivity index (χ0v) is 14.9. The number of rotatable bonds is 4. The van der Waals surface area contributed by atoms with Crippen molar-refractivity contribution in [3.63, 3.8) is 0 Å². The van der Waals surface area contributed by atoms with Crippen molar-refractivity contribution in [2.75, 3.05) is 23.3 Å². The number of hydrogen-bond donors (Lipinski definition) is 2. The smallest absolute Gasteiger partial charge is 0.319 e. The summed E-state index contributed by atoms with van der Waals surface area (Å²) in [7, 11) is 0. The van der Waals surface area contributed by atoms with Crippen molar-refractivity contribution in [1.29, 1.82) is 0 Å². The maximum atomic E-state index is 12.1. The van der Waals surface area contributed by atoms with Crippen LogP contribution in [0.25, 0.3) is 0 Å². The molecule has 1 saturated heterocycles. The first-order chi connectivity index (χ1) is 12.1. The minimum Gasteiger partial charge on any atom is -0.357 e. The third-order valence-corrected chi connectivity index (χ3v) is 4.26. The number of piperidine rings is 1. The Morgan fingerprint density at radius 3 is 2.56 bits per heavy atom. The van der Waals surface area contributed by atoms with Crippen LogP contribution in [0.1, 0.15) is 36.2 Å². The molecule has 132 valence electrons. The zero-order chi connectivity index (χ0) is 17.6. The van der Waals surface area contributed by atoms with Gasteiger partial charge < -0.3 is 15.5 Å². The normalized spacial score (nSPS) is 14.2. The topological polar surface area (TPSA) is 70.2 Å². The van der Waals surface area contributed by atoms with Crippen LogP contribution in [0, 0.1) is 13.8 Å². The molecule has 1 aliphatic rings. The van der Waals surface area contributed by atoms with Gasteiger partial charge in [-0.05, 0) is 62.4 Å². The van der Waals surface area contributed by atoms with Crippen LogP contribution in [-0.2, 0) is 6.54 Å². The second-order valence-corrected chi connectivity index (χ2v) is 6.56. The average Bonchev–Trinajstić information content (AvgIpc) is 2.60. The van der Waals surface area contributed by atoms with Crippen molar-refractivity contribution in [2.45, 2.75) is 39.7 Å². The number of hydrogen-bond acceptors (Lipinski definition) is 4. The van der Waals surface area contributed by atoms with Gasteiger partial charge in [0.25, 0.3) is 0 Å². The van der Waals surface area contributed by atoms with Crippen LogP contribution >= 0.6 is 0 Å². The van der Waals surface area contributed by atoms with Crippen LogP contribution in [0.15, 0.2) is 30.5 Å². The highest BCUT2D eigenvalue weighted by atomic mass is 16.2. The molecule has 6 nitrogen and oxygen atoms in total. The van der Waals surface area contributed by atoms with Crippen LogP contribution in [0.4, 0.5) is 16.3 Å².